The van der Waals surface area contributed by atoms with Gasteiger partial charge in [0.05, 0.1) is 16.5 Å². The number of nitrogens with two attached hydrogens (primary N) is 1. The van der Waals surface area contributed by atoms with Crippen LogP contribution in [0.2, 0.25) is 0 Å². The minimum atomic E-state index is 0.0172. The molecule has 3 heterocycles. The van der Waals surface area contributed by atoms with Crippen LogP contribution in [0.3, 0.4) is 0 Å². The van der Waals surface area contributed by atoms with Crippen molar-refractivity contribution < 1.29 is 9.26 Å². The van der Waals surface area contributed by atoms with Gasteiger partial charge in [0.1, 0.15) is 12.4 Å². The molecule has 2 aromatic heterocycles. The van der Waals surface area contributed by atoms with E-state index in [2.05, 4.69) is 10.1 Å². The molecule has 6 heteroatoms. The fourth-order valence-electron chi connectivity index (χ4n) is 2.36. The van der Waals surface area contributed by atoms with Crippen LogP contribution in [-0.2, 0) is 0 Å². The van der Waals surface area contributed by atoms with Gasteiger partial charge in [-0.2, -0.15) is 4.98 Å². The molecule has 0 bridgehead atoms. The monoisotopic (exact) mass is 285 g/mol. The summed E-state index contributed by atoms with van der Waals surface area (Å²) in [6.45, 7) is 0.539. The second kappa shape index (κ2) is 4.35. The van der Waals surface area contributed by atoms with Crippen LogP contribution in [0.15, 0.2) is 40.2 Å². The Kier molecular flexibility index (Phi) is 2.50. The SMILES string of the molecule is Nc1sccc1-c1nc(C2COc3ccccc32)no1. The molecule has 0 saturated carbocycles. The first-order chi connectivity index (χ1) is 9.83. The Balaban J connectivity index is 1.72. The standard InChI is InChI=1S/C14H11N3O2S/c15-12-9(5-6-20-12)14-16-13(17-19-14)10-7-18-11-4-2-1-3-8(10)11/h1-6,10H,7,15H2. The number of rotatable bonds is 2. The van der Waals surface area contributed by atoms with Gasteiger partial charge in [0, 0.05) is 5.56 Å². The fraction of sp³-hybridized carbons (Fsp3) is 0.143. The van der Waals surface area contributed by atoms with Crippen molar-refractivity contribution in [1.82, 2.24) is 10.1 Å². The Hall–Kier alpha value is -2.34. The average Bonchev–Trinajstić information content (AvgIpc) is 3.15. The van der Waals surface area contributed by atoms with E-state index in [0.29, 0.717) is 23.3 Å². The molecule has 3 aromatic rings. The van der Waals surface area contributed by atoms with Crippen LogP contribution in [0.1, 0.15) is 17.3 Å². The number of benzene rings is 1. The molecule has 1 aliphatic heterocycles. The van der Waals surface area contributed by atoms with Crippen molar-refractivity contribution in [2.45, 2.75) is 5.92 Å². The molecule has 4 rings (SSSR count). The first kappa shape index (κ1) is 11.5. The van der Waals surface area contributed by atoms with Crippen molar-refractivity contribution in [1.29, 1.82) is 0 Å². The molecule has 0 fully saturated rings. The number of ether oxygens (including phenoxy) is 1. The number of nitrogens with zero attached hydrogens (tertiary/aromatic N) is 2. The highest BCUT2D eigenvalue weighted by Crippen LogP contribution is 2.37. The van der Waals surface area contributed by atoms with Gasteiger partial charge in [-0.3, -0.25) is 0 Å². The van der Waals surface area contributed by atoms with Crippen molar-refractivity contribution >= 4 is 16.3 Å². The van der Waals surface area contributed by atoms with Gasteiger partial charge in [-0.05, 0) is 17.5 Å². The van der Waals surface area contributed by atoms with Crippen molar-refractivity contribution in [3.05, 3.63) is 47.1 Å². The zero-order chi connectivity index (χ0) is 13.5. The summed E-state index contributed by atoms with van der Waals surface area (Å²) in [5.41, 5.74) is 7.77. The van der Waals surface area contributed by atoms with Crippen molar-refractivity contribution in [2.75, 3.05) is 12.3 Å². The van der Waals surface area contributed by atoms with E-state index in [9.17, 15) is 0 Å². The molecular weight excluding hydrogens is 274 g/mol. The Morgan fingerprint density at radius 1 is 1.25 bits per heavy atom. The highest BCUT2D eigenvalue weighted by Gasteiger charge is 2.29. The molecule has 1 aliphatic rings. The second-order valence-corrected chi connectivity index (χ2v) is 5.51. The lowest BCUT2D eigenvalue weighted by Crippen LogP contribution is -2.04. The van der Waals surface area contributed by atoms with Crippen molar-refractivity contribution in [2.24, 2.45) is 0 Å². The van der Waals surface area contributed by atoms with E-state index in [0.717, 1.165) is 16.9 Å². The summed E-state index contributed by atoms with van der Waals surface area (Å²) in [5, 5.41) is 6.67. The quantitative estimate of drug-likeness (QED) is 0.783. The summed E-state index contributed by atoms with van der Waals surface area (Å²) in [4.78, 5) is 4.46. The van der Waals surface area contributed by atoms with Gasteiger partial charge in [0.25, 0.3) is 5.89 Å². The summed E-state index contributed by atoms with van der Waals surface area (Å²) >= 11 is 1.45. The first-order valence-electron chi connectivity index (χ1n) is 6.21. The van der Waals surface area contributed by atoms with Gasteiger partial charge in [-0.25, -0.2) is 0 Å². The Morgan fingerprint density at radius 2 is 2.15 bits per heavy atom. The largest absolute Gasteiger partial charge is 0.492 e. The molecular formula is C14H11N3O2S. The lowest BCUT2D eigenvalue weighted by Gasteiger charge is -2.01. The molecule has 1 unspecified atom stereocenters. The van der Waals surface area contributed by atoms with Crippen LogP contribution in [0.25, 0.3) is 11.5 Å². The van der Waals surface area contributed by atoms with Crippen molar-refractivity contribution in [3.8, 4) is 17.2 Å². The predicted octanol–water partition coefficient (Wildman–Crippen LogP) is 2.90. The van der Waals surface area contributed by atoms with Gasteiger partial charge in [-0.1, -0.05) is 23.4 Å². The van der Waals surface area contributed by atoms with E-state index < -0.39 is 0 Å². The van der Waals surface area contributed by atoms with Crippen LogP contribution >= 0.6 is 11.3 Å². The summed E-state index contributed by atoms with van der Waals surface area (Å²) in [6, 6.07) is 9.80. The highest BCUT2D eigenvalue weighted by molar-refractivity contribution is 7.14. The van der Waals surface area contributed by atoms with E-state index in [-0.39, 0.29) is 5.92 Å². The third kappa shape index (κ3) is 1.69. The Morgan fingerprint density at radius 3 is 3.00 bits per heavy atom. The lowest BCUT2D eigenvalue weighted by molar-refractivity contribution is 0.335. The minimum Gasteiger partial charge on any atom is -0.492 e. The van der Waals surface area contributed by atoms with Crippen LogP contribution < -0.4 is 10.5 Å². The zero-order valence-electron chi connectivity index (χ0n) is 10.4. The fourth-order valence-corrected chi connectivity index (χ4v) is 2.99. The third-order valence-electron chi connectivity index (χ3n) is 3.38. The van der Waals surface area contributed by atoms with E-state index in [4.69, 9.17) is 15.0 Å². The Bertz CT molecular complexity index is 765. The molecule has 0 amide bonds. The number of thiophene rings is 1. The van der Waals surface area contributed by atoms with Gasteiger partial charge in [0.2, 0.25) is 0 Å². The number of aromatic nitrogens is 2. The zero-order valence-corrected chi connectivity index (χ0v) is 11.3. The van der Waals surface area contributed by atoms with Gasteiger partial charge < -0.3 is 15.0 Å². The molecule has 20 heavy (non-hydrogen) atoms. The van der Waals surface area contributed by atoms with Gasteiger partial charge in [-0.15, -0.1) is 11.3 Å². The van der Waals surface area contributed by atoms with E-state index in [1.807, 2.05) is 35.7 Å². The molecule has 100 valence electrons. The number of para-hydroxylation sites is 1. The number of anilines is 1. The molecule has 1 atom stereocenters. The summed E-state index contributed by atoms with van der Waals surface area (Å²) < 4.78 is 11.0. The lowest BCUT2D eigenvalue weighted by atomic mass is 10.0. The molecule has 0 spiro atoms. The molecule has 0 saturated heterocycles. The van der Waals surface area contributed by atoms with E-state index >= 15 is 0 Å². The third-order valence-corrected chi connectivity index (χ3v) is 4.12. The molecule has 0 radical (unpaired) electrons. The number of hydrogen-bond donors (Lipinski definition) is 1. The maximum atomic E-state index is 5.88. The second-order valence-electron chi connectivity index (χ2n) is 4.56. The van der Waals surface area contributed by atoms with Crippen LogP contribution in [-0.4, -0.2) is 16.7 Å². The summed E-state index contributed by atoms with van der Waals surface area (Å²) in [6.07, 6.45) is 0. The topological polar surface area (TPSA) is 74.2 Å². The molecule has 5 nitrogen and oxygen atoms in total. The molecule has 0 aliphatic carbocycles. The summed E-state index contributed by atoms with van der Waals surface area (Å²) in [7, 11) is 0. The first-order valence-corrected chi connectivity index (χ1v) is 7.09. The maximum Gasteiger partial charge on any atom is 0.260 e. The van der Waals surface area contributed by atoms with Crippen LogP contribution in [0, 0.1) is 0 Å². The predicted molar refractivity (Wildman–Crippen MR) is 75.8 cm³/mol. The van der Waals surface area contributed by atoms with Gasteiger partial charge >= 0.3 is 0 Å². The minimum absolute atomic E-state index is 0.0172. The highest BCUT2D eigenvalue weighted by atomic mass is 32.1. The number of hydrogen-bond acceptors (Lipinski definition) is 6. The normalized spacial score (nSPS) is 16.9. The maximum absolute atomic E-state index is 5.88. The van der Waals surface area contributed by atoms with Crippen LogP contribution in [0.5, 0.6) is 5.75 Å². The van der Waals surface area contributed by atoms with E-state index in [1.54, 1.807) is 0 Å². The molecule has 2 N–H and O–H groups in total. The Labute approximate surface area is 119 Å². The number of nitrogen functional groups attached to an aromatic ring is 1. The van der Waals surface area contributed by atoms with Gasteiger partial charge in [0.15, 0.2) is 5.82 Å². The van der Waals surface area contributed by atoms with Crippen molar-refractivity contribution in [3.63, 3.8) is 0 Å². The summed E-state index contributed by atoms with van der Waals surface area (Å²) in [5.74, 6) is 2.00. The van der Waals surface area contributed by atoms with E-state index in [1.165, 1.54) is 11.3 Å². The smallest absolute Gasteiger partial charge is 0.260 e. The average molecular weight is 285 g/mol. The number of fused-ring (bicyclic) bond motifs is 1. The van der Waals surface area contributed by atoms with Crippen LogP contribution in [0.4, 0.5) is 5.00 Å². The molecule has 1 aromatic carbocycles.